The summed E-state index contributed by atoms with van der Waals surface area (Å²) in [7, 11) is 0. The Hall–Kier alpha value is -1.97. The fourth-order valence-corrected chi connectivity index (χ4v) is 4.98. The zero-order valence-corrected chi connectivity index (χ0v) is 17.1. The Balaban J connectivity index is 1.19. The van der Waals surface area contributed by atoms with Crippen LogP contribution in [0.5, 0.6) is 17.2 Å². The van der Waals surface area contributed by atoms with Crippen molar-refractivity contribution in [1.29, 1.82) is 0 Å². The molecule has 1 aromatic heterocycles. The summed E-state index contributed by atoms with van der Waals surface area (Å²) in [6, 6.07) is 5.56. The van der Waals surface area contributed by atoms with Gasteiger partial charge in [-0.15, -0.1) is 0 Å². The molecule has 1 saturated heterocycles. The number of nitrogens with zero attached hydrogens (tertiary/aromatic N) is 3. The second-order valence-electron chi connectivity index (χ2n) is 7.96. The van der Waals surface area contributed by atoms with E-state index >= 15 is 0 Å². The van der Waals surface area contributed by atoms with Gasteiger partial charge >= 0.3 is 0 Å². The molecular formula is C20H25N3O5S. The maximum Gasteiger partial charge on any atom is 0.240 e. The molecule has 29 heavy (non-hydrogen) atoms. The van der Waals surface area contributed by atoms with Crippen LogP contribution in [0.1, 0.15) is 24.6 Å². The lowest BCUT2D eigenvalue weighted by molar-refractivity contribution is -0.0232. The van der Waals surface area contributed by atoms with E-state index in [0.717, 1.165) is 43.3 Å². The fourth-order valence-electron chi connectivity index (χ4n) is 4.60. The van der Waals surface area contributed by atoms with Gasteiger partial charge in [0.15, 0.2) is 17.3 Å². The third-order valence-electron chi connectivity index (χ3n) is 5.93. The Morgan fingerprint density at radius 3 is 2.90 bits per heavy atom. The van der Waals surface area contributed by atoms with Gasteiger partial charge in [-0.2, -0.15) is 16.7 Å². The summed E-state index contributed by atoms with van der Waals surface area (Å²) in [6.45, 7) is 2.80. The molecule has 0 unspecified atom stereocenters. The number of ether oxygens (including phenoxy) is 3. The quantitative estimate of drug-likeness (QED) is 0.757. The van der Waals surface area contributed by atoms with Crippen molar-refractivity contribution < 1.29 is 23.8 Å². The van der Waals surface area contributed by atoms with Crippen LogP contribution in [0.2, 0.25) is 0 Å². The molecule has 3 aliphatic rings. The Morgan fingerprint density at radius 1 is 1.21 bits per heavy atom. The summed E-state index contributed by atoms with van der Waals surface area (Å²) in [4.78, 5) is 6.81. The molecule has 4 atom stereocenters. The molecule has 1 N–H and O–H groups in total. The molecule has 0 radical (unpaired) electrons. The Labute approximate surface area is 173 Å². The van der Waals surface area contributed by atoms with Crippen molar-refractivity contribution in [2.75, 3.05) is 26.1 Å². The molecule has 0 bridgehead atoms. The number of hydrogen-bond acceptors (Lipinski definition) is 9. The van der Waals surface area contributed by atoms with Gasteiger partial charge in [0.25, 0.3) is 0 Å². The first-order chi connectivity index (χ1) is 14.2. The molecule has 0 spiro atoms. The molecular weight excluding hydrogens is 394 g/mol. The van der Waals surface area contributed by atoms with E-state index in [-0.39, 0.29) is 12.9 Å². The number of aliphatic hydroxyl groups excluding tert-OH is 1. The van der Waals surface area contributed by atoms with E-state index in [1.54, 1.807) is 11.8 Å². The SMILES string of the molecule is CSCc1noc(CN2C[C@H]3C[C@@H](Oc4ccc5c(c4)OCO5)[C@H](O)C[C@H]3C2)n1. The van der Waals surface area contributed by atoms with Crippen molar-refractivity contribution in [1.82, 2.24) is 15.0 Å². The van der Waals surface area contributed by atoms with Crippen LogP contribution in [0.25, 0.3) is 0 Å². The number of benzene rings is 1. The van der Waals surface area contributed by atoms with Crippen LogP contribution in [-0.2, 0) is 12.3 Å². The summed E-state index contributed by atoms with van der Waals surface area (Å²) in [6.07, 6.45) is 2.91. The first-order valence-electron chi connectivity index (χ1n) is 9.95. The molecule has 3 heterocycles. The fraction of sp³-hybridized carbons (Fsp3) is 0.600. The average Bonchev–Trinajstić information content (AvgIpc) is 3.42. The molecule has 2 aromatic rings. The molecule has 9 heteroatoms. The van der Waals surface area contributed by atoms with Gasteiger partial charge in [0.2, 0.25) is 12.7 Å². The van der Waals surface area contributed by atoms with E-state index in [4.69, 9.17) is 18.7 Å². The summed E-state index contributed by atoms with van der Waals surface area (Å²) in [5, 5.41) is 14.7. The van der Waals surface area contributed by atoms with Gasteiger partial charge in [0.05, 0.1) is 18.4 Å². The predicted octanol–water partition coefficient (Wildman–Crippen LogP) is 2.31. The maximum atomic E-state index is 10.7. The van der Waals surface area contributed by atoms with Gasteiger partial charge in [-0.1, -0.05) is 5.16 Å². The van der Waals surface area contributed by atoms with Crippen LogP contribution in [0.15, 0.2) is 22.7 Å². The van der Waals surface area contributed by atoms with E-state index in [0.29, 0.717) is 35.8 Å². The van der Waals surface area contributed by atoms with E-state index in [9.17, 15) is 5.11 Å². The Bertz CT molecular complexity index is 862. The summed E-state index contributed by atoms with van der Waals surface area (Å²) in [5.41, 5.74) is 0. The van der Waals surface area contributed by atoms with Crippen molar-refractivity contribution >= 4 is 11.8 Å². The summed E-state index contributed by atoms with van der Waals surface area (Å²) < 4.78 is 22.3. The van der Waals surface area contributed by atoms with Gasteiger partial charge in [0.1, 0.15) is 11.9 Å². The zero-order valence-electron chi connectivity index (χ0n) is 16.3. The lowest BCUT2D eigenvalue weighted by Crippen LogP contribution is -2.42. The third-order valence-corrected chi connectivity index (χ3v) is 6.48. The zero-order chi connectivity index (χ0) is 19.8. The molecule has 2 fully saturated rings. The normalized spacial score (nSPS) is 28.5. The van der Waals surface area contributed by atoms with Gasteiger partial charge in [-0.05, 0) is 43.1 Å². The summed E-state index contributed by atoms with van der Waals surface area (Å²) >= 11 is 1.68. The number of hydrogen-bond donors (Lipinski definition) is 1. The lowest BCUT2D eigenvalue weighted by atomic mass is 9.78. The Morgan fingerprint density at radius 2 is 2.03 bits per heavy atom. The van der Waals surface area contributed by atoms with Crippen molar-refractivity contribution in [3.63, 3.8) is 0 Å². The van der Waals surface area contributed by atoms with Gasteiger partial charge in [0, 0.05) is 19.2 Å². The van der Waals surface area contributed by atoms with E-state index < -0.39 is 6.10 Å². The average molecular weight is 420 g/mol. The molecule has 0 amide bonds. The topological polar surface area (TPSA) is 90.1 Å². The molecule has 8 nitrogen and oxygen atoms in total. The number of thioether (sulfide) groups is 1. The smallest absolute Gasteiger partial charge is 0.240 e. The first-order valence-corrected chi connectivity index (χ1v) is 11.3. The molecule has 1 aromatic carbocycles. The monoisotopic (exact) mass is 419 g/mol. The minimum Gasteiger partial charge on any atom is -0.488 e. The minimum absolute atomic E-state index is 0.215. The highest BCUT2D eigenvalue weighted by molar-refractivity contribution is 7.97. The standard InChI is InChI=1S/C20H25N3O5S/c1-29-10-19-21-20(28-22-19)9-23-7-12-4-15(24)17(5-13(12)8-23)27-14-2-3-16-18(6-14)26-11-25-16/h2-3,6,12-13,15,17,24H,4-5,7-11H2,1H3/t12-,13+,15+,17+/m0/s1. The van der Waals surface area contributed by atoms with Crippen LogP contribution in [0, 0.1) is 11.8 Å². The molecule has 1 saturated carbocycles. The highest BCUT2D eigenvalue weighted by Gasteiger charge is 2.43. The van der Waals surface area contributed by atoms with Crippen molar-refractivity contribution in [3.8, 4) is 17.2 Å². The molecule has 2 aliphatic heterocycles. The Kier molecular flexibility index (Phi) is 5.28. The second-order valence-corrected chi connectivity index (χ2v) is 8.83. The van der Waals surface area contributed by atoms with Crippen molar-refractivity contribution in [2.45, 2.75) is 37.3 Å². The highest BCUT2D eigenvalue weighted by atomic mass is 32.2. The number of aromatic nitrogens is 2. The first kappa shape index (κ1) is 19.0. The van der Waals surface area contributed by atoms with E-state index in [1.807, 2.05) is 24.5 Å². The third kappa shape index (κ3) is 4.04. The number of likely N-dealkylation sites (tertiary alicyclic amines) is 1. The van der Waals surface area contributed by atoms with Crippen LogP contribution >= 0.6 is 11.8 Å². The number of fused-ring (bicyclic) bond motifs is 2. The number of rotatable bonds is 6. The van der Waals surface area contributed by atoms with Gasteiger partial charge in [-0.25, -0.2) is 0 Å². The summed E-state index contributed by atoms with van der Waals surface area (Å²) in [5.74, 6) is 5.27. The second kappa shape index (κ2) is 8.04. The maximum absolute atomic E-state index is 10.7. The van der Waals surface area contributed by atoms with Crippen LogP contribution in [0.4, 0.5) is 0 Å². The molecule has 1 aliphatic carbocycles. The lowest BCUT2D eigenvalue weighted by Gasteiger charge is -2.35. The number of aliphatic hydroxyl groups is 1. The van der Waals surface area contributed by atoms with Gasteiger partial charge in [-0.3, -0.25) is 4.90 Å². The van der Waals surface area contributed by atoms with Crippen molar-refractivity contribution in [2.24, 2.45) is 11.8 Å². The predicted molar refractivity (Wildman–Crippen MR) is 106 cm³/mol. The van der Waals surface area contributed by atoms with Crippen LogP contribution in [0.3, 0.4) is 0 Å². The van der Waals surface area contributed by atoms with Gasteiger partial charge < -0.3 is 23.8 Å². The molecule has 156 valence electrons. The van der Waals surface area contributed by atoms with E-state index in [2.05, 4.69) is 15.0 Å². The molecule has 5 rings (SSSR count). The van der Waals surface area contributed by atoms with Crippen molar-refractivity contribution in [3.05, 3.63) is 29.9 Å². The largest absolute Gasteiger partial charge is 0.488 e. The minimum atomic E-state index is -0.474. The van der Waals surface area contributed by atoms with Crippen LogP contribution in [-0.4, -0.2) is 58.5 Å². The highest BCUT2D eigenvalue weighted by Crippen LogP contribution is 2.40. The van der Waals surface area contributed by atoms with E-state index in [1.165, 1.54) is 0 Å². The van der Waals surface area contributed by atoms with Crippen LogP contribution < -0.4 is 14.2 Å².